The fourth-order valence-corrected chi connectivity index (χ4v) is 1.25. The lowest BCUT2D eigenvalue weighted by Gasteiger charge is -2.27. The smallest absolute Gasteiger partial charge is 0.135 e. The molecular weight excluding hydrogens is 220 g/mol. The number of hydrogen-bond acceptors (Lipinski definition) is 6. The molecule has 6 nitrogen and oxygen atoms in total. The van der Waals surface area contributed by atoms with Crippen molar-refractivity contribution in [3.05, 3.63) is 11.9 Å². The molecule has 1 heterocycles. The van der Waals surface area contributed by atoms with Crippen LogP contribution in [-0.2, 0) is 0 Å². The Labute approximate surface area is 101 Å². The van der Waals surface area contributed by atoms with E-state index >= 15 is 0 Å². The van der Waals surface area contributed by atoms with E-state index in [-0.39, 0.29) is 19.1 Å². The third-order valence-corrected chi connectivity index (χ3v) is 2.41. The fourth-order valence-electron chi connectivity index (χ4n) is 1.25. The standard InChI is InChI=1S/C11H20N4O2/c1-7(2)10-13-8(12)4-9(14-10)15-11(3,5-16)6-17/h4,7,16-17H,5-6H2,1-3H3,(H3,12,13,14,15). The van der Waals surface area contributed by atoms with Gasteiger partial charge in [0.2, 0.25) is 0 Å². The summed E-state index contributed by atoms with van der Waals surface area (Å²) in [6.45, 7) is 5.22. The van der Waals surface area contributed by atoms with Gasteiger partial charge < -0.3 is 21.3 Å². The summed E-state index contributed by atoms with van der Waals surface area (Å²) in [5, 5.41) is 21.4. The number of aromatic nitrogens is 2. The quantitative estimate of drug-likeness (QED) is 0.591. The van der Waals surface area contributed by atoms with Gasteiger partial charge >= 0.3 is 0 Å². The van der Waals surface area contributed by atoms with E-state index in [1.54, 1.807) is 13.0 Å². The van der Waals surface area contributed by atoms with Crippen LogP contribution in [0.3, 0.4) is 0 Å². The van der Waals surface area contributed by atoms with Gasteiger partial charge in [0.05, 0.1) is 18.8 Å². The van der Waals surface area contributed by atoms with Crippen molar-refractivity contribution in [3.63, 3.8) is 0 Å². The minimum absolute atomic E-state index is 0.161. The minimum Gasteiger partial charge on any atom is -0.394 e. The van der Waals surface area contributed by atoms with Crippen molar-refractivity contribution in [1.82, 2.24) is 9.97 Å². The van der Waals surface area contributed by atoms with Gasteiger partial charge in [-0.2, -0.15) is 0 Å². The second-order valence-electron chi connectivity index (χ2n) is 4.69. The molecule has 0 aliphatic carbocycles. The van der Waals surface area contributed by atoms with Crippen molar-refractivity contribution in [1.29, 1.82) is 0 Å². The van der Waals surface area contributed by atoms with Gasteiger partial charge in [-0.1, -0.05) is 13.8 Å². The molecule has 0 unspecified atom stereocenters. The predicted molar refractivity (Wildman–Crippen MR) is 66.7 cm³/mol. The van der Waals surface area contributed by atoms with E-state index in [1.807, 2.05) is 13.8 Å². The van der Waals surface area contributed by atoms with Crippen LogP contribution in [0.4, 0.5) is 11.6 Å². The molecule has 0 radical (unpaired) electrons. The SMILES string of the molecule is CC(C)c1nc(N)cc(NC(C)(CO)CO)n1. The summed E-state index contributed by atoms with van der Waals surface area (Å²) in [5.41, 5.74) is 4.86. The first-order valence-corrected chi connectivity index (χ1v) is 5.54. The summed E-state index contributed by atoms with van der Waals surface area (Å²) < 4.78 is 0. The van der Waals surface area contributed by atoms with E-state index in [0.29, 0.717) is 17.5 Å². The number of nitrogens with two attached hydrogens (primary N) is 1. The molecule has 1 aromatic rings. The molecule has 0 saturated carbocycles. The van der Waals surface area contributed by atoms with Crippen molar-refractivity contribution >= 4 is 11.6 Å². The Balaban J connectivity index is 2.98. The number of nitrogens with one attached hydrogen (secondary N) is 1. The number of nitrogens with zero attached hydrogens (tertiary/aromatic N) is 2. The predicted octanol–water partition coefficient (Wildman–Crippen LogP) is 0.337. The number of nitrogen functional groups attached to an aromatic ring is 1. The molecule has 0 bridgehead atoms. The van der Waals surface area contributed by atoms with Crippen molar-refractivity contribution in [2.24, 2.45) is 0 Å². The summed E-state index contributed by atoms with van der Waals surface area (Å²) in [7, 11) is 0. The second-order valence-corrected chi connectivity index (χ2v) is 4.69. The molecule has 1 rings (SSSR count). The Bertz CT molecular complexity index is 378. The van der Waals surface area contributed by atoms with E-state index in [1.165, 1.54) is 0 Å². The van der Waals surface area contributed by atoms with Crippen LogP contribution in [0.2, 0.25) is 0 Å². The molecule has 5 N–H and O–H groups in total. The van der Waals surface area contributed by atoms with Crippen LogP contribution in [0.1, 0.15) is 32.5 Å². The first kappa shape index (κ1) is 13.7. The highest BCUT2D eigenvalue weighted by atomic mass is 16.3. The maximum absolute atomic E-state index is 9.20. The van der Waals surface area contributed by atoms with Gasteiger partial charge in [-0.25, -0.2) is 9.97 Å². The number of hydrogen-bond donors (Lipinski definition) is 4. The molecule has 96 valence electrons. The van der Waals surface area contributed by atoms with Gasteiger partial charge in [0, 0.05) is 12.0 Å². The molecule has 0 aromatic carbocycles. The molecule has 0 spiro atoms. The highest BCUT2D eigenvalue weighted by Crippen LogP contribution is 2.18. The summed E-state index contributed by atoms with van der Waals surface area (Å²) in [6, 6.07) is 1.58. The third-order valence-electron chi connectivity index (χ3n) is 2.41. The Hall–Kier alpha value is -1.40. The number of rotatable bonds is 5. The zero-order chi connectivity index (χ0) is 13.1. The van der Waals surface area contributed by atoms with Gasteiger partial charge in [0.25, 0.3) is 0 Å². The van der Waals surface area contributed by atoms with Crippen LogP contribution in [0.15, 0.2) is 6.07 Å². The number of anilines is 2. The van der Waals surface area contributed by atoms with Crippen LogP contribution in [0.25, 0.3) is 0 Å². The monoisotopic (exact) mass is 240 g/mol. The van der Waals surface area contributed by atoms with Gasteiger partial charge in [0.1, 0.15) is 17.5 Å². The number of aliphatic hydroxyl groups is 2. The summed E-state index contributed by atoms with van der Waals surface area (Å²) >= 11 is 0. The van der Waals surface area contributed by atoms with Crippen molar-refractivity contribution in [3.8, 4) is 0 Å². The normalized spacial score (nSPS) is 11.9. The highest BCUT2D eigenvalue weighted by molar-refractivity contribution is 5.46. The maximum atomic E-state index is 9.20. The van der Waals surface area contributed by atoms with Crippen LogP contribution in [0, 0.1) is 0 Å². The topological polar surface area (TPSA) is 104 Å². The molecular formula is C11H20N4O2. The summed E-state index contributed by atoms with van der Waals surface area (Å²) in [5.74, 6) is 1.66. The lowest BCUT2D eigenvalue weighted by Crippen LogP contribution is -2.42. The first-order chi connectivity index (χ1) is 7.90. The molecule has 0 saturated heterocycles. The Kier molecular flexibility index (Phi) is 4.25. The van der Waals surface area contributed by atoms with Crippen LogP contribution in [0.5, 0.6) is 0 Å². The molecule has 0 aliphatic rings. The average Bonchev–Trinajstić information content (AvgIpc) is 2.28. The molecule has 0 aliphatic heterocycles. The summed E-state index contributed by atoms with van der Waals surface area (Å²) in [6.07, 6.45) is 0. The Morgan fingerprint density at radius 3 is 2.41 bits per heavy atom. The van der Waals surface area contributed by atoms with Gasteiger partial charge in [-0.05, 0) is 6.92 Å². The van der Waals surface area contributed by atoms with E-state index in [9.17, 15) is 10.2 Å². The van der Waals surface area contributed by atoms with Crippen LogP contribution >= 0.6 is 0 Å². The Morgan fingerprint density at radius 2 is 1.94 bits per heavy atom. The van der Waals surface area contributed by atoms with Gasteiger partial charge in [-0.15, -0.1) is 0 Å². The lowest BCUT2D eigenvalue weighted by atomic mass is 10.1. The van der Waals surface area contributed by atoms with E-state index in [0.717, 1.165) is 0 Å². The molecule has 17 heavy (non-hydrogen) atoms. The second kappa shape index (κ2) is 5.29. The average molecular weight is 240 g/mol. The van der Waals surface area contributed by atoms with E-state index in [2.05, 4.69) is 15.3 Å². The van der Waals surface area contributed by atoms with Crippen LogP contribution < -0.4 is 11.1 Å². The lowest BCUT2D eigenvalue weighted by molar-refractivity contribution is 0.147. The molecule has 0 fully saturated rings. The molecule has 6 heteroatoms. The zero-order valence-corrected chi connectivity index (χ0v) is 10.4. The molecule has 0 amide bonds. The van der Waals surface area contributed by atoms with Crippen molar-refractivity contribution in [2.75, 3.05) is 24.3 Å². The summed E-state index contributed by atoms with van der Waals surface area (Å²) in [4.78, 5) is 8.41. The van der Waals surface area contributed by atoms with Gasteiger partial charge in [0.15, 0.2) is 0 Å². The van der Waals surface area contributed by atoms with Gasteiger partial charge in [-0.3, -0.25) is 0 Å². The highest BCUT2D eigenvalue weighted by Gasteiger charge is 2.23. The minimum atomic E-state index is -0.824. The van der Waals surface area contributed by atoms with Crippen LogP contribution in [-0.4, -0.2) is 38.9 Å². The number of aliphatic hydroxyl groups excluding tert-OH is 2. The van der Waals surface area contributed by atoms with E-state index < -0.39 is 5.54 Å². The van der Waals surface area contributed by atoms with E-state index in [4.69, 9.17) is 5.73 Å². The first-order valence-electron chi connectivity index (χ1n) is 5.54. The Morgan fingerprint density at radius 1 is 1.35 bits per heavy atom. The fraction of sp³-hybridized carbons (Fsp3) is 0.636. The molecule has 1 aromatic heterocycles. The third kappa shape index (κ3) is 3.54. The zero-order valence-electron chi connectivity index (χ0n) is 10.4. The largest absolute Gasteiger partial charge is 0.394 e. The van der Waals surface area contributed by atoms with Crippen molar-refractivity contribution < 1.29 is 10.2 Å². The molecule has 0 atom stereocenters. The van der Waals surface area contributed by atoms with Crippen molar-refractivity contribution in [2.45, 2.75) is 32.2 Å². The maximum Gasteiger partial charge on any atom is 0.135 e.